The number of rotatable bonds is 8. The Balaban J connectivity index is 2.63. The monoisotopic (exact) mass is 481 g/mol. The van der Waals surface area contributed by atoms with Gasteiger partial charge in [0.2, 0.25) is 11.8 Å². The quantitative estimate of drug-likeness (QED) is 0.157. The molecule has 2 aliphatic heterocycles. The average Bonchev–Trinajstić information content (AvgIpc) is 2.73. The largest absolute Gasteiger partial charge is 0.480 e. The number of hydrogen-bond acceptors (Lipinski definition) is 12. The molecule has 0 aliphatic carbocycles. The van der Waals surface area contributed by atoms with E-state index in [1.807, 2.05) is 0 Å². The van der Waals surface area contributed by atoms with E-state index in [0.29, 0.717) is 0 Å². The average molecular weight is 481 g/mol. The minimum Gasteiger partial charge on any atom is -0.480 e. The van der Waals surface area contributed by atoms with E-state index in [1.54, 1.807) is 0 Å². The molecule has 33 heavy (non-hydrogen) atoms. The summed E-state index contributed by atoms with van der Waals surface area (Å²) < 4.78 is 11.2. The predicted molar refractivity (Wildman–Crippen MR) is 105 cm³/mol. The Bertz CT molecular complexity index is 726. The second-order valence-electron chi connectivity index (χ2n) is 8.13. The first-order valence-corrected chi connectivity index (χ1v) is 10.2. The number of ether oxygens (including phenoxy) is 2. The molecule has 0 saturated carbocycles. The Morgan fingerprint density at radius 2 is 1.58 bits per heavy atom. The van der Waals surface area contributed by atoms with E-state index < -0.39 is 98.1 Å². The van der Waals surface area contributed by atoms with Crippen molar-refractivity contribution in [3.05, 3.63) is 0 Å². The number of aliphatic hydroxyl groups is 6. The van der Waals surface area contributed by atoms with Crippen LogP contribution < -0.4 is 11.1 Å². The van der Waals surface area contributed by atoms with Gasteiger partial charge in [-0.2, -0.15) is 0 Å². The first-order valence-electron chi connectivity index (χ1n) is 10.2. The lowest BCUT2D eigenvalue weighted by atomic mass is 9.92. The standard InChI is InChI=1S/C18H31N3O12/c1-5-11(25)14(28)15(29)17(32-5)21(7(18(30)31)3-9(19)24)16-10(20-6(2)23)13(27)12(26)8(4-22)33-16/h5,7-8,10-17,22,25-29H,3-4H2,1-2H3,(H2,19,24)(H,20,23)(H,30,31)/t5-,7+,8-,10-,11+,12-,13-,14+,15-,16?,17?/m1/s1. The van der Waals surface area contributed by atoms with Crippen molar-refractivity contribution in [1.29, 1.82) is 0 Å². The number of hydrogen-bond donors (Lipinski definition) is 9. The number of carbonyl (C=O) groups excluding carboxylic acids is 2. The third kappa shape index (κ3) is 5.76. The number of nitrogens with one attached hydrogen (secondary N) is 1. The van der Waals surface area contributed by atoms with Gasteiger partial charge in [-0.1, -0.05) is 0 Å². The number of carboxylic acids is 1. The minimum absolute atomic E-state index is 0.710. The van der Waals surface area contributed by atoms with Gasteiger partial charge in [0.25, 0.3) is 0 Å². The SMILES string of the molecule is CC(=O)N[C@H]1C(N(C2O[C@H](C)[C@H](O)[C@H](O)[C@H]2O)[C@@H](CC(N)=O)C(=O)O)O[C@H](CO)[C@@H](O)[C@@H]1O. The molecule has 0 bridgehead atoms. The smallest absolute Gasteiger partial charge is 0.321 e. The van der Waals surface area contributed by atoms with Crippen molar-refractivity contribution in [3.63, 3.8) is 0 Å². The molecule has 0 aromatic carbocycles. The summed E-state index contributed by atoms with van der Waals surface area (Å²) >= 11 is 0. The Morgan fingerprint density at radius 1 is 0.970 bits per heavy atom. The fraction of sp³-hybridized carbons (Fsp3) is 0.833. The number of nitrogens with two attached hydrogens (primary N) is 1. The van der Waals surface area contributed by atoms with Gasteiger partial charge in [-0.15, -0.1) is 0 Å². The Morgan fingerprint density at radius 3 is 2.06 bits per heavy atom. The van der Waals surface area contributed by atoms with Crippen LogP contribution >= 0.6 is 0 Å². The molecule has 15 nitrogen and oxygen atoms in total. The molecule has 0 aromatic rings. The van der Waals surface area contributed by atoms with Crippen molar-refractivity contribution >= 4 is 17.8 Å². The summed E-state index contributed by atoms with van der Waals surface area (Å²) in [6, 6.07) is -3.41. The molecule has 2 unspecified atom stereocenters. The highest BCUT2D eigenvalue weighted by Crippen LogP contribution is 2.32. The number of primary amides is 1. The summed E-state index contributed by atoms with van der Waals surface area (Å²) in [7, 11) is 0. The van der Waals surface area contributed by atoms with Gasteiger partial charge in [0, 0.05) is 6.92 Å². The van der Waals surface area contributed by atoms with Crippen LogP contribution in [0.2, 0.25) is 0 Å². The third-order valence-corrected chi connectivity index (χ3v) is 5.72. The summed E-state index contributed by atoms with van der Waals surface area (Å²) in [4.78, 5) is 36.3. The van der Waals surface area contributed by atoms with Crippen LogP contribution in [0.4, 0.5) is 0 Å². The summed E-state index contributed by atoms with van der Waals surface area (Å²) in [5, 5.41) is 73.4. The maximum absolute atomic E-state index is 12.1. The van der Waals surface area contributed by atoms with Crippen molar-refractivity contribution in [1.82, 2.24) is 10.2 Å². The van der Waals surface area contributed by atoms with E-state index in [0.717, 1.165) is 11.8 Å². The summed E-state index contributed by atoms with van der Waals surface area (Å²) in [5.41, 5.74) is 5.20. The second kappa shape index (κ2) is 11.0. The van der Waals surface area contributed by atoms with E-state index in [9.17, 15) is 50.1 Å². The normalized spacial score (nSPS) is 40.3. The van der Waals surface area contributed by atoms with Crippen molar-refractivity contribution < 1.29 is 59.6 Å². The lowest BCUT2D eigenvalue weighted by Gasteiger charge is -2.52. The van der Waals surface area contributed by atoms with Gasteiger partial charge in [0.15, 0.2) is 0 Å². The van der Waals surface area contributed by atoms with Crippen LogP contribution in [0.25, 0.3) is 0 Å². The van der Waals surface area contributed by atoms with Crippen molar-refractivity contribution in [3.8, 4) is 0 Å². The van der Waals surface area contributed by atoms with Crippen LogP contribution in [-0.4, -0.2) is 132 Å². The van der Waals surface area contributed by atoms with Gasteiger partial charge >= 0.3 is 5.97 Å². The number of aliphatic carboxylic acids is 1. The molecule has 2 aliphatic rings. The van der Waals surface area contributed by atoms with Crippen LogP contribution in [-0.2, 0) is 23.9 Å². The Labute approximate surface area is 188 Å². The molecule has 2 saturated heterocycles. The van der Waals surface area contributed by atoms with E-state index in [1.165, 1.54) is 6.92 Å². The number of carbonyl (C=O) groups is 3. The number of carboxylic acid groups (broad SMARTS) is 1. The first-order chi connectivity index (χ1) is 15.3. The fourth-order valence-electron chi connectivity index (χ4n) is 4.03. The zero-order chi connectivity index (χ0) is 25.2. The molecule has 0 radical (unpaired) electrons. The molecule has 0 aromatic heterocycles. The zero-order valence-corrected chi connectivity index (χ0v) is 18.0. The molecule has 11 atom stereocenters. The van der Waals surface area contributed by atoms with Gasteiger partial charge in [0.05, 0.1) is 25.2 Å². The molecule has 2 heterocycles. The number of nitrogens with zero attached hydrogens (tertiary/aromatic N) is 1. The second-order valence-corrected chi connectivity index (χ2v) is 8.13. The number of amides is 2. The predicted octanol–water partition coefficient (Wildman–Crippen LogP) is -5.61. The van der Waals surface area contributed by atoms with Crippen LogP contribution in [0, 0.1) is 0 Å². The molecule has 2 fully saturated rings. The topological polar surface area (TPSA) is 253 Å². The first kappa shape index (κ1) is 27.3. The summed E-state index contributed by atoms with van der Waals surface area (Å²) in [6.07, 6.45) is -15.7. The molecule has 15 heteroatoms. The Kier molecular flexibility index (Phi) is 9.09. The summed E-state index contributed by atoms with van der Waals surface area (Å²) in [5.74, 6) is -3.42. The maximum Gasteiger partial charge on any atom is 0.321 e. The highest BCUT2D eigenvalue weighted by Gasteiger charge is 2.55. The van der Waals surface area contributed by atoms with Gasteiger partial charge < -0.3 is 56.3 Å². The van der Waals surface area contributed by atoms with Crippen LogP contribution in [0.5, 0.6) is 0 Å². The highest BCUT2D eigenvalue weighted by atomic mass is 16.6. The molecular formula is C18H31N3O12. The Hall–Kier alpha value is -1.95. The van der Waals surface area contributed by atoms with E-state index >= 15 is 0 Å². The third-order valence-electron chi connectivity index (χ3n) is 5.72. The van der Waals surface area contributed by atoms with Crippen LogP contribution in [0.3, 0.4) is 0 Å². The summed E-state index contributed by atoms with van der Waals surface area (Å²) in [6.45, 7) is 1.58. The van der Waals surface area contributed by atoms with Crippen LogP contribution in [0.1, 0.15) is 20.3 Å². The van der Waals surface area contributed by atoms with Gasteiger partial charge in [-0.25, -0.2) is 4.90 Å². The minimum atomic E-state index is -1.94. The molecule has 2 amide bonds. The van der Waals surface area contributed by atoms with E-state index in [-0.39, 0.29) is 0 Å². The lowest BCUT2D eigenvalue weighted by Crippen LogP contribution is -2.74. The lowest BCUT2D eigenvalue weighted by molar-refractivity contribution is -0.310. The van der Waals surface area contributed by atoms with Gasteiger partial charge in [-0.05, 0) is 6.92 Å². The maximum atomic E-state index is 12.1. The van der Waals surface area contributed by atoms with E-state index in [4.69, 9.17) is 15.2 Å². The van der Waals surface area contributed by atoms with Gasteiger partial charge in [0.1, 0.15) is 55.1 Å². The zero-order valence-electron chi connectivity index (χ0n) is 18.0. The molecule has 10 N–H and O–H groups in total. The number of aliphatic hydroxyl groups excluding tert-OH is 6. The fourth-order valence-corrected chi connectivity index (χ4v) is 4.03. The van der Waals surface area contributed by atoms with E-state index in [2.05, 4.69) is 5.32 Å². The van der Waals surface area contributed by atoms with Crippen molar-refractivity contribution in [2.45, 2.75) is 87.5 Å². The van der Waals surface area contributed by atoms with Gasteiger partial charge in [-0.3, -0.25) is 14.4 Å². The van der Waals surface area contributed by atoms with Crippen molar-refractivity contribution in [2.24, 2.45) is 5.73 Å². The van der Waals surface area contributed by atoms with Crippen molar-refractivity contribution in [2.75, 3.05) is 6.61 Å². The van der Waals surface area contributed by atoms with Crippen LogP contribution in [0.15, 0.2) is 0 Å². The highest BCUT2D eigenvalue weighted by molar-refractivity contribution is 5.83. The molecular weight excluding hydrogens is 450 g/mol. The molecule has 2 rings (SSSR count). The molecule has 190 valence electrons. The molecule has 0 spiro atoms.